The van der Waals surface area contributed by atoms with E-state index in [-0.39, 0.29) is 24.5 Å². The number of amides is 1. The molecule has 0 aromatic carbocycles. The lowest BCUT2D eigenvalue weighted by Crippen LogP contribution is -2.40. The van der Waals surface area contributed by atoms with E-state index in [1.54, 1.807) is 6.08 Å². The molecule has 4 nitrogen and oxygen atoms in total. The Bertz CT molecular complexity index is 191. The molecule has 0 heterocycles. The summed E-state index contributed by atoms with van der Waals surface area (Å²) in [6.07, 6.45) is 1.70. The van der Waals surface area contributed by atoms with Gasteiger partial charge in [-0.15, -0.1) is 6.58 Å². The van der Waals surface area contributed by atoms with Crippen LogP contribution in [0.15, 0.2) is 12.7 Å². The first-order valence-corrected chi connectivity index (χ1v) is 4.71. The van der Waals surface area contributed by atoms with Crippen LogP contribution in [-0.4, -0.2) is 37.3 Å². The van der Waals surface area contributed by atoms with E-state index in [2.05, 4.69) is 17.2 Å². The van der Waals surface area contributed by atoms with Crippen molar-refractivity contribution in [3.63, 3.8) is 0 Å². The second kappa shape index (κ2) is 6.56. The van der Waals surface area contributed by atoms with Crippen molar-refractivity contribution < 1.29 is 9.90 Å². The van der Waals surface area contributed by atoms with Crippen LogP contribution in [0.4, 0.5) is 0 Å². The van der Waals surface area contributed by atoms with Gasteiger partial charge in [0.15, 0.2) is 0 Å². The van der Waals surface area contributed by atoms with Crippen LogP contribution < -0.4 is 10.6 Å². The van der Waals surface area contributed by atoms with E-state index in [1.165, 1.54) is 0 Å². The Labute approximate surface area is 85.4 Å². The van der Waals surface area contributed by atoms with E-state index in [9.17, 15) is 4.79 Å². The molecule has 0 aliphatic heterocycles. The Hall–Kier alpha value is -0.870. The molecule has 0 rings (SSSR count). The number of carbonyl (C=O) groups excluding carboxylic acids is 1. The van der Waals surface area contributed by atoms with Gasteiger partial charge >= 0.3 is 0 Å². The van der Waals surface area contributed by atoms with Crippen molar-refractivity contribution in [1.29, 1.82) is 0 Å². The second-order valence-electron chi connectivity index (χ2n) is 4.02. The fourth-order valence-electron chi connectivity index (χ4n) is 0.744. The zero-order valence-electron chi connectivity index (χ0n) is 8.97. The third kappa shape index (κ3) is 6.62. The molecule has 0 saturated heterocycles. The van der Waals surface area contributed by atoms with Crippen LogP contribution in [-0.2, 0) is 4.79 Å². The predicted molar refractivity (Wildman–Crippen MR) is 56.9 cm³/mol. The molecule has 0 radical (unpaired) electrons. The van der Waals surface area contributed by atoms with Gasteiger partial charge in [0.2, 0.25) is 5.91 Å². The Morgan fingerprint density at radius 2 is 2.21 bits per heavy atom. The molecule has 0 spiro atoms. The molecule has 0 fully saturated rings. The van der Waals surface area contributed by atoms with Crippen LogP contribution >= 0.6 is 0 Å². The summed E-state index contributed by atoms with van der Waals surface area (Å²) in [6.45, 7) is 8.77. The van der Waals surface area contributed by atoms with E-state index in [4.69, 9.17) is 5.11 Å². The first kappa shape index (κ1) is 13.1. The summed E-state index contributed by atoms with van der Waals surface area (Å²) in [6, 6.07) is 0. The molecule has 0 bridgehead atoms. The van der Waals surface area contributed by atoms with Crippen LogP contribution in [0.5, 0.6) is 0 Å². The first-order valence-electron chi connectivity index (χ1n) is 4.71. The van der Waals surface area contributed by atoms with Gasteiger partial charge < -0.3 is 15.7 Å². The lowest BCUT2D eigenvalue weighted by atomic mass is 9.95. The minimum Gasteiger partial charge on any atom is -0.396 e. The maximum Gasteiger partial charge on any atom is 0.233 e. The average molecular weight is 200 g/mol. The molecule has 82 valence electrons. The summed E-state index contributed by atoms with van der Waals surface area (Å²) < 4.78 is 0. The highest BCUT2D eigenvalue weighted by Crippen LogP contribution is 2.10. The summed E-state index contributed by atoms with van der Waals surface area (Å²) in [5.41, 5.74) is -0.256. The van der Waals surface area contributed by atoms with Gasteiger partial charge in [0.25, 0.3) is 0 Å². The standard InChI is InChI=1S/C10H20N2O2/c1-4-5-11-6-9(14)12-7-10(2,3)8-13/h4,11,13H,1,5-8H2,2-3H3,(H,12,14). The van der Waals surface area contributed by atoms with E-state index in [0.717, 1.165) is 0 Å². The van der Waals surface area contributed by atoms with Crippen molar-refractivity contribution in [3.8, 4) is 0 Å². The summed E-state index contributed by atoms with van der Waals surface area (Å²) in [5, 5.41) is 14.6. The SMILES string of the molecule is C=CCNCC(=O)NCC(C)(C)CO. The maximum atomic E-state index is 11.2. The van der Waals surface area contributed by atoms with Crippen molar-refractivity contribution >= 4 is 5.91 Å². The minimum atomic E-state index is -0.256. The summed E-state index contributed by atoms with van der Waals surface area (Å²) in [7, 11) is 0. The van der Waals surface area contributed by atoms with Gasteiger partial charge in [-0.05, 0) is 0 Å². The van der Waals surface area contributed by atoms with Gasteiger partial charge in [0, 0.05) is 25.1 Å². The van der Waals surface area contributed by atoms with Gasteiger partial charge in [0.1, 0.15) is 0 Å². The molecular formula is C10H20N2O2. The summed E-state index contributed by atoms with van der Waals surface area (Å²) >= 11 is 0. The van der Waals surface area contributed by atoms with Crippen molar-refractivity contribution in [3.05, 3.63) is 12.7 Å². The maximum absolute atomic E-state index is 11.2. The van der Waals surface area contributed by atoms with Crippen molar-refractivity contribution in [1.82, 2.24) is 10.6 Å². The van der Waals surface area contributed by atoms with Crippen LogP contribution in [0.25, 0.3) is 0 Å². The normalized spacial score (nSPS) is 11.1. The highest BCUT2D eigenvalue weighted by Gasteiger charge is 2.16. The van der Waals surface area contributed by atoms with Crippen LogP contribution in [0.2, 0.25) is 0 Å². The third-order valence-electron chi connectivity index (χ3n) is 1.77. The monoisotopic (exact) mass is 200 g/mol. The number of aliphatic hydroxyl groups is 1. The Kier molecular flexibility index (Phi) is 6.16. The largest absolute Gasteiger partial charge is 0.396 e. The quantitative estimate of drug-likeness (QED) is 0.397. The molecule has 0 unspecified atom stereocenters. The molecule has 14 heavy (non-hydrogen) atoms. The van der Waals surface area contributed by atoms with Crippen molar-refractivity contribution in [2.75, 3.05) is 26.2 Å². The molecule has 0 aromatic heterocycles. The van der Waals surface area contributed by atoms with Gasteiger partial charge in [-0.1, -0.05) is 19.9 Å². The van der Waals surface area contributed by atoms with Gasteiger partial charge in [0.05, 0.1) is 6.54 Å². The molecule has 4 heteroatoms. The predicted octanol–water partition coefficient (Wildman–Crippen LogP) is -0.103. The van der Waals surface area contributed by atoms with E-state index in [0.29, 0.717) is 13.1 Å². The van der Waals surface area contributed by atoms with Crippen LogP contribution in [0.3, 0.4) is 0 Å². The van der Waals surface area contributed by atoms with Crippen molar-refractivity contribution in [2.24, 2.45) is 5.41 Å². The van der Waals surface area contributed by atoms with Gasteiger partial charge in [-0.2, -0.15) is 0 Å². The second-order valence-corrected chi connectivity index (χ2v) is 4.02. The molecule has 3 N–H and O–H groups in total. The number of hydrogen-bond acceptors (Lipinski definition) is 3. The Morgan fingerprint density at radius 3 is 2.71 bits per heavy atom. The topological polar surface area (TPSA) is 61.4 Å². The molecule has 0 aromatic rings. The molecule has 0 aliphatic rings. The number of aliphatic hydroxyl groups excluding tert-OH is 1. The highest BCUT2D eigenvalue weighted by atomic mass is 16.3. The van der Waals surface area contributed by atoms with Crippen LogP contribution in [0, 0.1) is 5.41 Å². The molecule has 1 amide bonds. The number of carbonyl (C=O) groups is 1. The van der Waals surface area contributed by atoms with E-state index < -0.39 is 0 Å². The zero-order valence-corrected chi connectivity index (χ0v) is 8.97. The fraction of sp³-hybridized carbons (Fsp3) is 0.700. The zero-order chi connectivity index (χ0) is 11.0. The van der Waals surface area contributed by atoms with Crippen LogP contribution in [0.1, 0.15) is 13.8 Å². The average Bonchev–Trinajstić information content (AvgIpc) is 2.16. The van der Waals surface area contributed by atoms with Gasteiger partial charge in [-0.3, -0.25) is 4.79 Å². The molecule has 0 saturated carbocycles. The number of nitrogens with one attached hydrogen (secondary N) is 2. The number of rotatable bonds is 7. The Balaban J connectivity index is 3.58. The molecule has 0 atom stereocenters. The first-order chi connectivity index (χ1) is 6.52. The Morgan fingerprint density at radius 1 is 1.57 bits per heavy atom. The van der Waals surface area contributed by atoms with E-state index in [1.807, 2.05) is 13.8 Å². The number of hydrogen-bond donors (Lipinski definition) is 3. The highest BCUT2D eigenvalue weighted by molar-refractivity contribution is 5.78. The fourth-order valence-corrected chi connectivity index (χ4v) is 0.744. The smallest absolute Gasteiger partial charge is 0.233 e. The summed E-state index contributed by atoms with van der Waals surface area (Å²) in [4.78, 5) is 11.2. The third-order valence-corrected chi connectivity index (χ3v) is 1.77. The van der Waals surface area contributed by atoms with E-state index >= 15 is 0 Å². The molecular weight excluding hydrogens is 180 g/mol. The lowest BCUT2D eigenvalue weighted by Gasteiger charge is -2.21. The summed E-state index contributed by atoms with van der Waals surface area (Å²) in [5.74, 6) is -0.0617. The van der Waals surface area contributed by atoms with Crippen molar-refractivity contribution in [2.45, 2.75) is 13.8 Å². The lowest BCUT2D eigenvalue weighted by molar-refractivity contribution is -0.120. The van der Waals surface area contributed by atoms with Gasteiger partial charge in [-0.25, -0.2) is 0 Å². The molecule has 0 aliphatic carbocycles. The minimum absolute atomic E-state index is 0.0617.